The van der Waals surface area contributed by atoms with Gasteiger partial charge in [-0.1, -0.05) is 30.3 Å². The third kappa shape index (κ3) is 0.852. The maximum Gasteiger partial charge on any atom is 0.221 e. The highest BCUT2D eigenvalue weighted by Crippen LogP contribution is 2.33. The largest absolute Gasteiger partial charge is 0.452 e. The lowest BCUT2D eigenvalue weighted by Gasteiger charge is -1.87. The first-order valence-corrected chi connectivity index (χ1v) is 4.43. The van der Waals surface area contributed by atoms with E-state index in [0.717, 1.165) is 16.4 Å². The molecule has 0 atom stereocenters. The molecule has 0 aliphatic carbocycles. The van der Waals surface area contributed by atoms with E-state index in [9.17, 15) is 5.11 Å². The molecular weight excluding hydrogens is 176 g/mol. The third-order valence-corrected chi connectivity index (χ3v) is 2.37. The summed E-state index contributed by atoms with van der Waals surface area (Å²) in [4.78, 5) is 0. The van der Waals surface area contributed by atoms with Gasteiger partial charge in [-0.05, 0) is 12.1 Å². The summed E-state index contributed by atoms with van der Waals surface area (Å²) in [5.74, 6) is -0.0568. The number of furan rings is 1. The van der Waals surface area contributed by atoms with Crippen molar-refractivity contribution in [2.24, 2.45) is 0 Å². The molecule has 2 nitrogen and oxygen atoms in total. The number of rotatable bonds is 0. The number of fused-ring (bicyclic) bond motifs is 3. The Morgan fingerprint density at radius 1 is 0.857 bits per heavy atom. The normalized spacial score (nSPS) is 11.1. The summed E-state index contributed by atoms with van der Waals surface area (Å²) < 4.78 is 5.47. The highest BCUT2D eigenvalue weighted by molar-refractivity contribution is 6.06. The van der Waals surface area contributed by atoms with Crippen molar-refractivity contribution in [1.82, 2.24) is 0 Å². The SMILES string of the molecule is [O]c1cccc2c1oc1ccccc12. The highest BCUT2D eigenvalue weighted by atomic mass is 16.4. The van der Waals surface area contributed by atoms with Crippen molar-refractivity contribution >= 4 is 21.9 Å². The molecule has 1 radical (unpaired) electrons. The molecule has 0 saturated heterocycles. The van der Waals surface area contributed by atoms with Crippen LogP contribution in [0.15, 0.2) is 46.9 Å². The van der Waals surface area contributed by atoms with Crippen LogP contribution in [-0.2, 0) is 5.11 Å². The molecule has 2 aromatic carbocycles. The van der Waals surface area contributed by atoms with Crippen LogP contribution < -0.4 is 0 Å². The predicted molar refractivity (Wildman–Crippen MR) is 53.9 cm³/mol. The Morgan fingerprint density at radius 3 is 2.57 bits per heavy atom. The lowest BCUT2D eigenvalue weighted by atomic mass is 10.1. The molecule has 0 bridgehead atoms. The molecule has 0 amide bonds. The Labute approximate surface area is 80.4 Å². The van der Waals surface area contributed by atoms with Gasteiger partial charge in [0.1, 0.15) is 5.58 Å². The summed E-state index contributed by atoms with van der Waals surface area (Å²) in [6.07, 6.45) is 0. The first-order chi connectivity index (χ1) is 6.86. The summed E-state index contributed by atoms with van der Waals surface area (Å²) >= 11 is 0. The van der Waals surface area contributed by atoms with Gasteiger partial charge < -0.3 is 4.42 Å². The minimum atomic E-state index is -0.0568. The van der Waals surface area contributed by atoms with Gasteiger partial charge in [0, 0.05) is 10.8 Å². The van der Waals surface area contributed by atoms with Crippen molar-refractivity contribution in [3.63, 3.8) is 0 Å². The average Bonchev–Trinajstić information content (AvgIpc) is 2.59. The Morgan fingerprint density at radius 2 is 1.64 bits per heavy atom. The van der Waals surface area contributed by atoms with Gasteiger partial charge in [0.25, 0.3) is 0 Å². The number of para-hydroxylation sites is 2. The standard InChI is InChI=1S/C12H7O2/c13-10-6-3-5-9-8-4-1-2-7-11(8)14-12(9)10/h1-7H. The second-order valence-corrected chi connectivity index (χ2v) is 3.23. The van der Waals surface area contributed by atoms with E-state index in [-0.39, 0.29) is 5.75 Å². The first kappa shape index (κ1) is 7.44. The fraction of sp³-hybridized carbons (Fsp3) is 0. The molecule has 3 aromatic rings. The molecule has 1 heterocycles. The zero-order valence-corrected chi connectivity index (χ0v) is 7.36. The van der Waals surface area contributed by atoms with Crippen LogP contribution in [0.2, 0.25) is 0 Å². The minimum Gasteiger partial charge on any atom is -0.452 e. The molecule has 0 spiro atoms. The minimum absolute atomic E-state index is 0.0568. The molecule has 0 aliphatic rings. The van der Waals surface area contributed by atoms with Crippen LogP contribution in [0.25, 0.3) is 21.9 Å². The van der Waals surface area contributed by atoms with E-state index in [2.05, 4.69) is 0 Å². The Hall–Kier alpha value is -1.96. The Bertz CT molecular complexity index is 608. The molecule has 2 heteroatoms. The fourth-order valence-corrected chi connectivity index (χ4v) is 1.72. The monoisotopic (exact) mass is 183 g/mol. The van der Waals surface area contributed by atoms with Crippen LogP contribution in [-0.4, -0.2) is 0 Å². The van der Waals surface area contributed by atoms with E-state index in [4.69, 9.17) is 4.42 Å². The zero-order chi connectivity index (χ0) is 9.54. The quantitative estimate of drug-likeness (QED) is 0.522. The summed E-state index contributed by atoms with van der Waals surface area (Å²) in [7, 11) is 0. The lowest BCUT2D eigenvalue weighted by Crippen LogP contribution is -1.65. The van der Waals surface area contributed by atoms with Gasteiger partial charge >= 0.3 is 0 Å². The molecule has 14 heavy (non-hydrogen) atoms. The maximum absolute atomic E-state index is 11.5. The molecule has 0 saturated carbocycles. The van der Waals surface area contributed by atoms with Gasteiger partial charge in [-0.3, -0.25) is 5.11 Å². The molecule has 0 N–H and O–H groups in total. The topological polar surface area (TPSA) is 33.0 Å². The second-order valence-electron chi connectivity index (χ2n) is 3.23. The Kier molecular flexibility index (Phi) is 1.34. The van der Waals surface area contributed by atoms with Crippen molar-refractivity contribution in [3.05, 3.63) is 42.5 Å². The third-order valence-electron chi connectivity index (χ3n) is 2.37. The van der Waals surface area contributed by atoms with Crippen molar-refractivity contribution < 1.29 is 9.52 Å². The molecule has 1 aromatic heterocycles. The fourth-order valence-electron chi connectivity index (χ4n) is 1.72. The second kappa shape index (κ2) is 2.51. The number of hydrogen-bond acceptors (Lipinski definition) is 1. The molecule has 3 rings (SSSR count). The van der Waals surface area contributed by atoms with Gasteiger partial charge in [0.05, 0.1) is 0 Å². The van der Waals surface area contributed by atoms with E-state index >= 15 is 0 Å². The number of benzene rings is 2. The summed E-state index contributed by atoms with van der Waals surface area (Å²) in [5, 5.41) is 13.4. The summed E-state index contributed by atoms with van der Waals surface area (Å²) in [6.45, 7) is 0. The van der Waals surface area contributed by atoms with Gasteiger partial charge in [-0.2, -0.15) is 0 Å². The van der Waals surface area contributed by atoms with E-state index in [0.29, 0.717) is 5.58 Å². The van der Waals surface area contributed by atoms with Crippen molar-refractivity contribution in [1.29, 1.82) is 0 Å². The van der Waals surface area contributed by atoms with Crippen LogP contribution in [0.3, 0.4) is 0 Å². The van der Waals surface area contributed by atoms with E-state index in [1.807, 2.05) is 30.3 Å². The van der Waals surface area contributed by atoms with Gasteiger partial charge in [-0.15, -0.1) is 0 Å². The smallest absolute Gasteiger partial charge is 0.221 e. The first-order valence-electron chi connectivity index (χ1n) is 4.43. The van der Waals surface area contributed by atoms with E-state index in [1.165, 1.54) is 6.07 Å². The summed E-state index contributed by atoms with van der Waals surface area (Å²) in [6, 6.07) is 12.8. The lowest BCUT2D eigenvalue weighted by molar-refractivity contribution is 0.353. The molecule has 67 valence electrons. The van der Waals surface area contributed by atoms with Crippen LogP contribution in [0, 0.1) is 0 Å². The average molecular weight is 183 g/mol. The molecule has 0 fully saturated rings. The van der Waals surface area contributed by atoms with Crippen LogP contribution in [0.1, 0.15) is 0 Å². The zero-order valence-electron chi connectivity index (χ0n) is 7.36. The predicted octanol–water partition coefficient (Wildman–Crippen LogP) is 3.73. The Balaban J connectivity index is 2.63. The van der Waals surface area contributed by atoms with Crippen LogP contribution in [0.4, 0.5) is 0 Å². The van der Waals surface area contributed by atoms with Crippen molar-refractivity contribution in [2.75, 3.05) is 0 Å². The van der Waals surface area contributed by atoms with Crippen LogP contribution in [0.5, 0.6) is 5.75 Å². The summed E-state index contributed by atoms with van der Waals surface area (Å²) in [5.41, 5.74) is 1.22. The van der Waals surface area contributed by atoms with E-state index in [1.54, 1.807) is 6.07 Å². The van der Waals surface area contributed by atoms with Gasteiger partial charge in [-0.25, -0.2) is 0 Å². The maximum atomic E-state index is 11.5. The molecule has 0 aliphatic heterocycles. The van der Waals surface area contributed by atoms with Gasteiger partial charge in [0.15, 0.2) is 5.58 Å². The highest BCUT2D eigenvalue weighted by Gasteiger charge is 2.09. The van der Waals surface area contributed by atoms with Crippen LogP contribution >= 0.6 is 0 Å². The van der Waals surface area contributed by atoms with E-state index < -0.39 is 0 Å². The molecule has 0 unspecified atom stereocenters. The van der Waals surface area contributed by atoms with Gasteiger partial charge in [0.2, 0.25) is 5.75 Å². The number of hydrogen-bond donors (Lipinski definition) is 0. The molecular formula is C12H7O2. The van der Waals surface area contributed by atoms with Crippen molar-refractivity contribution in [3.8, 4) is 5.75 Å². The van der Waals surface area contributed by atoms with Crippen molar-refractivity contribution in [2.45, 2.75) is 0 Å².